The molecule has 0 fully saturated rings. The molecule has 0 bridgehead atoms. The predicted octanol–water partition coefficient (Wildman–Crippen LogP) is 4.16. The maximum Gasteiger partial charge on any atom is 0.341 e. The van der Waals surface area contributed by atoms with Gasteiger partial charge in [0, 0.05) is 24.0 Å². The number of aliphatic hydroxyl groups excluding tert-OH is 1. The molecule has 0 radical (unpaired) electrons. The molecule has 35 heavy (non-hydrogen) atoms. The van der Waals surface area contributed by atoms with Crippen molar-refractivity contribution in [3.8, 4) is 0 Å². The van der Waals surface area contributed by atoms with E-state index in [2.05, 4.69) is 20.6 Å². The van der Waals surface area contributed by atoms with Gasteiger partial charge in [0.15, 0.2) is 0 Å². The molecule has 4 N–H and O–H groups in total. The van der Waals surface area contributed by atoms with Crippen LogP contribution in [0.15, 0.2) is 54.7 Å². The molecule has 2 aromatic carbocycles. The molecule has 1 amide bonds. The smallest absolute Gasteiger partial charge is 0.341 e. The van der Waals surface area contributed by atoms with E-state index in [0.717, 1.165) is 17.5 Å². The summed E-state index contributed by atoms with van der Waals surface area (Å²) in [5.74, 6) is -0.890. The van der Waals surface area contributed by atoms with Gasteiger partial charge >= 0.3 is 5.97 Å². The van der Waals surface area contributed by atoms with Crippen molar-refractivity contribution in [3.63, 3.8) is 0 Å². The topological polar surface area (TPSA) is 128 Å². The predicted molar refractivity (Wildman–Crippen MR) is 133 cm³/mol. The van der Waals surface area contributed by atoms with Gasteiger partial charge in [0.05, 0.1) is 18.2 Å². The van der Waals surface area contributed by atoms with Crippen LogP contribution in [0.5, 0.6) is 0 Å². The number of anilines is 3. The van der Waals surface area contributed by atoms with Gasteiger partial charge in [-0.1, -0.05) is 37.3 Å². The molecule has 9 nitrogen and oxygen atoms in total. The zero-order valence-electron chi connectivity index (χ0n) is 19.9. The van der Waals surface area contributed by atoms with Gasteiger partial charge in [0.1, 0.15) is 11.4 Å². The molecule has 1 aromatic heterocycles. The number of nitrogens with one attached hydrogen (secondary N) is 2. The van der Waals surface area contributed by atoms with E-state index in [9.17, 15) is 19.8 Å². The second-order valence-electron chi connectivity index (χ2n) is 8.95. The second kappa shape index (κ2) is 9.71. The van der Waals surface area contributed by atoms with Crippen LogP contribution in [0.25, 0.3) is 0 Å². The van der Waals surface area contributed by atoms with Gasteiger partial charge in [-0.3, -0.25) is 4.79 Å². The molecule has 0 aliphatic carbocycles. The summed E-state index contributed by atoms with van der Waals surface area (Å²) in [4.78, 5) is 35.1. The number of carboxylic acid groups (broad SMARTS) is 1. The van der Waals surface area contributed by atoms with Crippen molar-refractivity contribution in [1.29, 1.82) is 0 Å². The fraction of sp³-hybridized carbons (Fsp3) is 0.308. The van der Waals surface area contributed by atoms with Gasteiger partial charge in [-0.25, -0.2) is 9.78 Å². The molecule has 0 saturated heterocycles. The van der Waals surface area contributed by atoms with Crippen molar-refractivity contribution in [2.24, 2.45) is 0 Å². The average Bonchev–Trinajstić information content (AvgIpc) is 3.03. The average molecular weight is 476 g/mol. The molecule has 1 aliphatic heterocycles. The van der Waals surface area contributed by atoms with E-state index >= 15 is 0 Å². The fourth-order valence-electron chi connectivity index (χ4n) is 4.39. The quantitative estimate of drug-likeness (QED) is 0.363. The van der Waals surface area contributed by atoms with Crippen molar-refractivity contribution in [1.82, 2.24) is 14.9 Å². The Bertz CT molecular complexity index is 1250. The highest BCUT2D eigenvalue weighted by atomic mass is 16.4. The largest absolute Gasteiger partial charge is 0.477 e. The fourth-order valence-corrected chi connectivity index (χ4v) is 4.39. The van der Waals surface area contributed by atoms with Crippen molar-refractivity contribution < 1.29 is 19.8 Å². The number of benzene rings is 2. The summed E-state index contributed by atoms with van der Waals surface area (Å²) in [6.45, 7) is 6.51. The van der Waals surface area contributed by atoms with Gasteiger partial charge in [-0.15, -0.1) is 0 Å². The first-order chi connectivity index (χ1) is 16.8. The lowest BCUT2D eigenvalue weighted by Crippen LogP contribution is -2.39. The molecule has 0 spiro atoms. The van der Waals surface area contributed by atoms with Gasteiger partial charge in [-0.2, -0.15) is 4.98 Å². The molecule has 1 aliphatic rings. The standard InChI is InChI=1S/C26H29N5O4/c1-4-12-31-23(33)18-11-10-17(13-20(18)26(31,2)3)28-25-27-14-19(24(34)35)22(30-25)29-21(15-32)16-8-6-5-7-9-16/h5-11,13-14,21,32H,4,12,15H2,1-3H3,(H,34,35)(H2,27,28,29,30)/t21-/m1/s1. The highest BCUT2D eigenvalue weighted by Gasteiger charge is 2.42. The summed E-state index contributed by atoms with van der Waals surface area (Å²) in [7, 11) is 0. The summed E-state index contributed by atoms with van der Waals surface area (Å²) in [5.41, 5.74) is 2.49. The van der Waals surface area contributed by atoms with E-state index in [0.29, 0.717) is 17.8 Å². The third-order valence-electron chi connectivity index (χ3n) is 6.25. The lowest BCUT2D eigenvalue weighted by atomic mass is 9.93. The van der Waals surface area contributed by atoms with E-state index in [-0.39, 0.29) is 29.8 Å². The van der Waals surface area contributed by atoms with Gasteiger partial charge in [-0.05, 0) is 49.6 Å². The second-order valence-corrected chi connectivity index (χ2v) is 8.95. The van der Waals surface area contributed by atoms with Crippen LogP contribution in [0.1, 0.15) is 65.1 Å². The van der Waals surface area contributed by atoms with Crippen LogP contribution < -0.4 is 10.6 Å². The maximum atomic E-state index is 12.9. The number of aromatic nitrogens is 2. The monoisotopic (exact) mass is 475 g/mol. The Kier molecular flexibility index (Phi) is 6.70. The minimum atomic E-state index is -1.18. The molecule has 0 saturated carbocycles. The number of nitrogens with zero attached hydrogens (tertiary/aromatic N) is 3. The Morgan fingerprint density at radius 3 is 2.57 bits per heavy atom. The molecule has 1 atom stereocenters. The Morgan fingerprint density at radius 2 is 1.91 bits per heavy atom. The lowest BCUT2D eigenvalue weighted by Gasteiger charge is -2.32. The Labute approximate surface area is 203 Å². The van der Waals surface area contributed by atoms with Crippen LogP contribution in [-0.2, 0) is 5.54 Å². The number of aromatic carboxylic acids is 1. The van der Waals surface area contributed by atoms with E-state index in [1.54, 1.807) is 12.1 Å². The van der Waals surface area contributed by atoms with Crippen LogP contribution in [0.3, 0.4) is 0 Å². The van der Waals surface area contributed by atoms with Crippen LogP contribution in [0.4, 0.5) is 17.5 Å². The molecular formula is C26H29N5O4. The van der Waals surface area contributed by atoms with Gasteiger partial charge in [0.25, 0.3) is 5.91 Å². The molecule has 2 heterocycles. The zero-order valence-corrected chi connectivity index (χ0v) is 19.9. The summed E-state index contributed by atoms with van der Waals surface area (Å²) < 4.78 is 0. The number of carbonyl (C=O) groups excluding carboxylic acids is 1. The number of hydrogen-bond acceptors (Lipinski definition) is 7. The lowest BCUT2D eigenvalue weighted by molar-refractivity contribution is 0.0618. The van der Waals surface area contributed by atoms with E-state index in [1.165, 1.54) is 6.20 Å². The zero-order chi connectivity index (χ0) is 25.2. The summed E-state index contributed by atoms with van der Waals surface area (Å²) in [5, 5.41) is 25.7. The molecule has 3 aromatic rings. The number of hydrogen-bond donors (Lipinski definition) is 4. The number of carbonyl (C=O) groups is 2. The first kappa shape index (κ1) is 24.2. The molecule has 0 unspecified atom stereocenters. The first-order valence-electron chi connectivity index (χ1n) is 11.5. The van der Waals surface area contributed by atoms with Crippen LogP contribution in [0.2, 0.25) is 0 Å². The number of aliphatic hydroxyl groups is 1. The molecule has 4 rings (SSSR count). The third-order valence-corrected chi connectivity index (χ3v) is 6.25. The number of fused-ring (bicyclic) bond motifs is 1. The van der Waals surface area contributed by atoms with Crippen molar-refractivity contribution in [2.45, 2.75) is 38.8 Å². The minimum Gasteiger partial charge on any atom is -0.477 e. The van der Waals surface area contributed by atoms with Crippen molar-refractivity contribution >= 4 is 29.3 Å². The molecule has 182 valence electrons. The highest BCUT2D eigenvalue weighted by molar-refractivity contribution is 6.00. The number of rotatable bonds is 9. The summed E-state index contributed by atoms with van der Waals surface area (Å²) in [6.07, 6.45) is 2.09. The number of amides is 1. The Hall–Kier alpha value is -3.98. The van der Waals surface area contributed by atoms with Crippen molar-refractivity contribution in [2.75, 3.05) is 23.8 Å². The van der Waals surface area contributed by atoms with E-state index < -0.39 is 17.6 Å². The third kappa shape index (κ3) is 4.67. The Morgan fingerprint density at radius 1 is 1.17 bits per heavy atom. The number of carboxylic acids is 1. The summed E-state index contributed by atoms with van der Waals surface area (Å²) >= 11 is 0. The Balaban J connectivity index is 1.63. The van der Waals surface area contributed by atoms with Crippen LogP contribution in [0, 0.1) is 0 Å². The van der Waals surface area contributed by atoms with Crippen LogP contribution in [-0.4, -0.2) is 50.1 Å². The SMILES string of the molecule is CCCN1C(=O)c2ccc(Nc3ncc(C(=O)O)c(N[C@H](CO)c4ccccc4)n3)cc2C1(C)C. The maximum absolute atomic E-state index is 12.9. The normalized spacial score (nSPS) is 15.0. The van der Waals surface area contributed by atoms with Crippen molar-refractivity contribution in [3.05, 3.63) is 77.0 Å². The first-order valence-corrected chi connectivity index (χ1v) is 11.5. The highest BCUT2D eigenvalue weighted by Crippen LogP contribution is 2.40. The van der Waals surface area contributed by atoms with E-state index in [4.69, 9.17) is 0 Å². The van der Waals surface area contributed by atoms with Gasteiger partial charge in [0.2, 0.25) is 5.95 Å². The van der Waals surface area contributed by atoms with E-state index in [1.807, 2.05) is 62.1 Å². The summed E-state index contributed by atoms with van der Waals surface area (Å²) in [6, 6.07) is 14.1. The van der Waals surface area contributed by atoms with Crippen LogP contribution >= 0.6 is 0 Å². The molecule has 9 heteroatoms. The minimum absolute atomic E-state index is 0.0166. The van der Waals surface area contributed by atoms with Gasteiger partial charge < -0.3 is 25.7 Å². The molecular weight excluding hydrogens is 446 g/mol.